The zero-order valence-electron chi connectivity index (χ0n) is 10.6. The molecular formula is C14H11N3O3. The van der Waals surface area contributed by atoms with Gasteiger partial charge in [0.2, 0.25) is 5.69 Å². The van der Waals surface area contributed by atoms with Crippen LogP contribution in [-0.2, 0) is 0 Å². The Morgan fingerprint density at radius 3 is 2.70 bits per heavy atom. The molecule has 0 saturated carbocycles. The zero-order chi connectivity index (χ0) is 14.1. The van der Waals surface area contributed by atoms with Crippen LogP contribution in [0.5, 0.6) is 0 Å². The Hall–Kier alpha value is -2.89. The number of benzene rings is 1. The molecule has 0 spiro atoms. The van der Waals surface area contributed by atoms with Gasteiger partial charge in [-0.25, -0.2) is 9.48 Å². The van der Waals surface area contributed by atoms with Gasteiger partial charge in [0.05, 0.1) is 12.0 Å². The van der Waals surface area contributed by atoms with Crippen molar-refractivity contribution in [1.29, 1.82) is 0 Å². The van der Waals surface area contributed by atoms with Crippen LogP contribution in [-0.4, -0.2) is 26.1 Å². The van der Waals surface area contributed by atoms with E-state index in [9.17, 15) is 9.90 Å². The number of aryl methyl sites for hydroxylation is 1. The fourth-order valence-electron chi connectivity index (χ4n) is 2.03. The van der Waals surface area contributed by atoms with Gasteiger partial charge in [-0.3, -0.25) is 0 Å². The Morgan fingerprint density at radius 1 is 1.25 bits per heavy atom. The number of rotatable bonds is 3. The first-order valence-corrected chi connectivity index (χ1v) is 5.97. The minimum atomic E-state index is -1.14. The Kier molecular flexibility index (Phi) is 2.83. The van der Waals surface area contributed by atoms with E-state index in [1.807, 2.05) is 31.2 Å². The van der Waals surface area contributed by atoms with Crippen molar-refractivity contribution in [3.05, 3.63) is 53.9 Å². The van der Waals surface area contributed by atoms with Gasteiger partial charge in [-0.2, -0.15) is 0 Å². The fraction of sp³-hybridized carbons (Fsp3) is 0.0714. The van der Waals surface area contributed by atoms with E-state index < -0.39 is 5.97 Å². The summed E-state index contributed by atoms with van der Waals surface area (Å²) < 4.78 is 6.79. The Morgan fingerprint density at radius 2 is 2.05 bits per heavy atom. The standard InChI is InChI=1S/C14H11N3O3/c1-9-5-2-3-6-10(9)17-13(11-7-4-8-20-11)12(14(18)19)15-16-17/h2-8H,1H3,(H,18,19). The Labute approximate surface area is 114 Å². The third-order valence-corrected chi connectivity index (χ3v) is 2.97. The van der Waals surface area contributed by atoms with Crippen LogP contribution in [0.3, 0.4) is 0 Å². The number of aromatic carboxylic acids is 1. The molecule has 3 aromatic rings. The monoisotopic (exact) mass is 269 g/mol. The molecule has 0 aliphatic carbocycles. The zero-order valence-corrected chi connectivity index (χ0v) is 10.6. The van der Waals surface area contributed by atoms with Gasteiger partial charge < -0.3 is 9.52 Å². The first-order valence-electron chi connectivity index (χ1n) is 5.97. The smallest absolute Gasteiger partial charge is 0.358 e. The van der Waals surface area contributed by atoms with Gasteiger partial charge in [-0.05, 0) is 30.7 Å². The van der Waals surface area contributed by atoms with Crippen molar-refractivity contribution in [2.24, 2.45) is 0 Å². The lowest BCUT2D eigenvalue weighted by molar-refractivity contribution is 0.0691. The molecule has 0 aliphatic heterocycles. The topological polar surface area (TPSA) is 81.2 Å². The van der Waals surface area contributed by atoms with Crippen molar-refractivity contribution >= 4 is 5.97 Å². The predicted octanol–water partition coefficient (Wildman–Crippen LogP) is 2.53. The van der Waals surface area contributed by atoms with E-state index in [2.05, 4.69) is 10.3 Å². The van der Waals surface area contributed by atoms with Crippen molar-refractivity contribution in [2.45, 2.75) is 6.92 Å². The molecule has 6 nitrogen and oxygen atoms in total. The summed E-state index contributed by atoms with van der Waals surface area (Å²) in [5.74, 6) is -0.730. The number of para-hydroxylation sites is 1. The van der Waals surface area contributed by atoms with Crippen molar-refractivity contribution in [3.8, 4) is 17.1 Å². The highest BCUT2D eigenvalue weighted by Crippen LogP contribution is 2.26. The average Bonchev–Trinajstić information content (AvgIpc) is 3.07. The van der Waals surface area contributed by atoms with Gasteiger partial charge in [0, 0.05) is 0 Å². The molecule has 0 aliphatic rings. The third kappa shape index (κ3) is 1.87. The van der Waals surface area contributed by atoms with Gasteiger partial charge in [0.1, 0.15) is 5.69 Å². The molecule has 6 heteroatoms. The van der Waals surface area contributed by atoms with Crippen molar-refractivity contribution in [3.63, 3.8) is 0 Å². The molecule has 0 amide bonds. The summed E-state index contributed by atoms with van der Waals surface area (Å²) in [5.41, 5.74) is 1.92. The molecule has 0 fully saturated rings. The quantitative estimate of drug-likeness (QED) is 0.790. The number of aromatic nitrogens is 3. The highest BCUT2D eigenvalue weighted by Gasteiger charge is 2.23. The molecule has 0 saturated heterocycles. The molecule has 0 unspecified atom stereocenters. The summed E-state index contributed by atoms with van der Waals surface area (Å²) in [5, 5.41) is 16.9. The maximum absolute atomic E-state index is 11.3. The normalized spacial score (nSPS) is 10.7. The Bertz CT molecular complexity index is 760. The van der Waals surface area contributed by atoms with E-state index in [-0.39, 0.29) is 5.69 Å². The Balaban J connectivity index is 2.28. The van der Waals surface area contributed by atoms with Gasteiger partial charge in [-0.15, -0.1) is 5.10 Å². The second-order valence-electron chi connectivity index (χ2n) is 4.27. The number of carboxylic acids is 1. The number of furan rings is 1. The molecule has 0 atom stereocenters. The molecule has 1 aromatic carbocycles. The summed E-state index contributed by atoms with van der Waals surface area (Å²) >= 11 is 0. The maximum Gasteiger partial charge on any atom is 0.358 e. The molecule has 20 heavy (non-hydrogen) atoms. The van der Waals surface area contributed by atoms with Gasteiger partial charge in [0.15, 0.2) is 5.76 Å². The maximum atomic E-state index is 11.3. The van der Waals surface area contributed by atoms with Crippen LogP contribution in [0.15, 0.2) is 47.1 Å². The van der Waals surface area contributed by atoms with Crippen molar-refractivity contribution in [1.82, 2.24) is 15.0 Å². The average molecular weight is 269 g/mol. The van der Waals surface area contributed by atoms with Crippen LogP contribution in [0.4, 0.5) is 0 Å². The van der Waals surface area contributed by atoms with Crippen molar-refractivity contribution in [2.75, 3.05) is 0 Å². The molecule has 0 bridgehead atoms. The van der Waals surface area contributed by atoms with E-state index >= 15 is 0 Å². The molecule has 2 aromatic heterocycles. The lowest BCUT2D eigenvalue weighted by Crippen LogP contribution is -2.03. The van der Waals surface area contributed by atoms with Crippen LogP contribution in [0.2, 0.25) is 0 Å². The number of carbonyl (C=O) groups is 1. The summed E-state index contributed by atoms with van der Waals surface area (Å²) in [7, 11) is 0. The SMILES string of the molecule is Cc1ccccc1-n1nnc(C(=O)O)c1-c1ccco1. The molecule has 0 radical (unpaired) electrons. The fourth-order valence-corrected chi connectivity index (χ4v) is 2.03. The van der Waals surface area contributed by atoms with Gasteiger partial charge in [0.25, 0.3) is 0 Å². The highest BCUT2D eigenvalue weighted by atomic mass is 16.4. The second kappa shape index (κ2) is 4.65. The predicted molar refractivity (Wildman–Crippen MR) is 70.8 cm³/mol. The highest BCUT2D eigenvalue weighted by molar-refractivity contribution is 5.92. The van der Waals surface area contributed by atoms with Crippen LogP contribution in [0.1, 0.15) is 16.1 Å². The van der Waals surface area contributed by atoms with E-state index in [0.717, 1.165) is 11.3 Å². The minimum absolute atomic E-state index is 0.136. The molecule has 3 rings (SSSR count). The third-order valence-electron chi connectivity index (χ3n) is 2.97. The van der Waals surface area contributed by atoms with Gasteiger partial charge >= 0.3 is 5.97 Å². The molecule has 1 N–H and O–H groups in total. The van der Waals surface area contributed by atoms with Crippen LogP contribution in [0, 0.1) is 6.92 Å². The number of hydrogen-bond acceptors (Lipinski definition) is 4. The lowest BCUT2D eigenvalue weighted by Gasteiger charge is -2.07. The largest absolute Gasteiger partial charge is 0.476 e. The van der Waals surface area contributed by atoms with Crippen LogP contribution < -0.4 is 0 Å². The van der Waals surface area contributed by atoms with E-state index in [0.29, 0.717) is 11.5 Å². The van der Waals surface area contributed by atoms with Crippen LogP contribution in [0.25, 0.3) is 17.1 Å². The number of hydrogen-bond donors (Lipinski definition) is 1. The molecule has 100 valence electrons. The first-order chi connectivity index (χ1) is 9.68. The lowest BCUT2D eigenvalue weighted by atomic mass is 10.2. The van der Waals surface area contributed by atoms with E-state index in [1.165, 1.54) is 10.9 Å². The van der Waals surface area contributed by atoms with Gasteiger partial charge in [-0.1, -0.05) is 23.4 Å². The minimum Gasteiger partial charge on any atom is -0.476 e. The van der Waals surface area contributed by atoms with E-state index in [4.69, 9.17) is 4.42 Å². The summed E-state index contributed by atoms with van der Waals surface area (Å²) in [6, 6.07) is 10.9. The van der Waals surface area contributed by atoms with Crippen LogP contribution >= 0.6 is 0 Å². The molecule has 2 heterocycles. The summed E-state index contributed by atoms with van der Waals surface area (Å²) in [6.45, 7) is 1.92. The number of nitrogens with zero attached hydrogens (tertiary/aromatic N) is 3. The molecular weight excluding hydrogens is 258 g/mol. The number of carboxylic acid groups (broad SMARTS) is 1. The summed E-state index contributed by atoms with van der Waals surface area (Å²) in [4.78, 5) is 11.3. The summed E-state index contributed by atoms with van der Waals surface area (Å²) in [6.07, 6.45) is 1.48. The first kappa shape index (κ1) is 12.2. The van der Waals surface area contributed by atoms with Crippen molar-refractivity contribution < 1.29 is 14.3 Å². The second-order valence-corrected chi connectivity index (χ2v) is 4.27. The van der Waals surface area contributed by atoms with E-state index in [1.54, 1.807) is 12.1 Å².